The minimum Gasteiger partial charge on any atom is -0.468 e. The van der Waals surface area contributed by atoms with E-state index in [-0.39, 0.29) is 11.2 Å². The van der Waals surface area contributed by atoms with Gasteiger partial charge in [0.2, 0.25) is 0 Å². The molecule has 3 aromatic rings. The van der Waals surface area contributed by atoms with Crippen molar-refractivity contribution in [3.8, 4) is 5.69 Å². The molecule has 5 nitrogen and oxygen atoms in total. The number of nitrogens with zero attached hydrogens (tertiary/aromatic N) is 3. The van der Waals surface area contributed by atoms with Gasteiger partial charge in [-0.25, -0.2) is 0 Å². The van der Waals surface area contributed by atoms with Gasteiger partial charge in [-0.2, -0.15) is 0 Å². The predicted molar refractivity (Wildman–Crippen MR) is 95.8 cm³/mol. The van der Waals surface area contributed by atoms with Gasteiger partial charge in [-0.05, 0) is 30.5 Å². The van der Waals surface area contributed by atoms with Crippen LogP contribution in [0.25, 0.3) is 5.69 Å². The van der Waals surface area contributed by atoms with Gasteiger partial charge in [0.15, 0.2) is 5.16 Å². The Hall–Kier alpha value is -2.12. The second kappa shape index (κ2) is 7.63. The molecule has 0 saturated carbocycles. The van der Waals surface area contributed by atoms with Gasteiger partial charge in [0.05, 0.1) is 7.11 Å². The van der Waals surface area contributed by atoms with E-state index in [0.29, 0.717) is 11.6 Å². The number of rotatable bonds is 6. The van der Waals surface area contributed by atoms with E-state index in [9.17, 15) is 4.79 Å². The number of benzene rings is 1. The summed E-state index contributed by atoms with van der Waals surface area (Å²) < 4.78 is 6.81. The van der Waals surface area contributed by atoms with Crippen LogP contribution in [0.4, 0.5) is 0 Å². The first-order valence-corrected chi connectivity index (χ1v) is 9.21. The summed E-state index contributed by atoms with van der Waals surface area (Å²) in [4.78, 5) is 12.9. The Morgan fingerprint density at radius 2 is 2.04 bits per heavy atom. The second-order valence-corrected chi connectivity index (χ2v) is 7.45. The van der Waals surface area contributed by atoms with E-state index < -0.39 is 0 Å². The number of carbonyl (C=O) groups excluding carboxylic acids is 1. The fourth-order valence-corrected chi connectivity index (χ4v) is 3.88. The minimum atomic E-state index is -0.351. The van der Waals surface area contributed by atoms with Crippen LogP contribution < -0.4 is 0 Å². The zero-order valence-electron chi connectivity index (χ0n) is 13.4. The summed E-state index contributed by atoms with van der Waals surface area (Å²) in [5.41, 5.74) is 0.980. The summed E-state index contributed by atoms with van der Waals surface area (Å²) in [7, 11) is 1.39. The molecule has 2 aromatic heterocycles. The van der Waals surface area contributed by atoms with Gasteiger partial charge in [-0.1, -0.05) is 36.0 Å². The van der Waals surface area contributed by atoms with Crippen molar-refractivity contribution < 1.29 is 9.53 Å². The van der Waals surface area contributed by atoms with Crippen LogP contribution in [0.3, 0.4) is 0 Å². The summed E-state index contributed by atoms with van der Waals surface area (Å²) >= 11 is 3.04. The molecular formula is C17H17N3O2S2. The maximum Gasteiger partial charge on any atom is 0.318 e. The van der Waals surface area contributed by atoms with Crippen molar-refractivity contribution in [1.82, 2.24) is 14.8 Å². The van der Waals surface area contributed by atoms with E-state index >= 15 is 0 Å². The summed E-state index contributed by atoms with van der Waals surface area (Å²) in [6, 6.07) is 14.0. The third-order valence-electron chi connectivity index (χ3n) is 3.44. The largest absolute Gasteiger partial charge is 0.468 e. The first kappa shape index (κ1) is 16.7. The number of esters is 1. The quantitative estimate of drug-likeness (QED) is 0.497. The van der Waals surface area contributed by atoms with E-state index in [1.807, 2.05) is 46.3 Å². The molecule has 24 heavy (non-hydrogen) atoms. The standard InChI is InChI=1S/C17H17N3O2S2/c1-12(16(21)22-2)24-17-19-18-15(11-14-9-6-10-23-14)20(17)13-7-4-3-5-8-13/h3-10,12H,11H2,1-2H3. The Bertz CT molecular complexity index is 801. The van der Waals surface area contributed by atoms with Crippen molar-refractivity contribution in [2.45, 2.75) is 23.8 Å². The zero-order chi connectivity index (χ0) is 16.9. The minimum absolute atomic E-state index is 0.276. The second-order valence-electron chi connectivity index (χ2n) is 5.11. The number of hydrogen-bond acceptors (Lipinski definition) is 6. The molecule has 7 heteroatoms. The molecule has 3 rings (SSSR count). The number of thiophene rings is 1. The highest BCUT2D eigenvalue weighted by atomic mass is 32.2. The normalized spacial score (nSPS) is 12.1. The number of aromatic nitrogens is 3. The van der Waals surface area contributed by atoms with Crippen molar-refractivity contribution in [1.29, 1.82) is 0 Å². The smallest absolute Gasteiger partial charge is 0.318 e. The molecule has 0 aliphatic rings. The summed E-state index contributed by atoms with van der Waals surface area (Å²) in [5, 5.41) is 11.0. The van der Waals surface area contributed by atoms with Crippen LogP contribution >= 0.6 is 23.1 Å². The fraction of sp³-hybridized carbons (Fsp3) is 0.235. The van der Waals surface area contributed by atoms with E-state index in [4.69, 9.17) is 4.74 Å². The van der Waals surface area contributed by atoms with Crippen LogP contribution in [0.2, 0.25) is 0 Å². The molecule has 1 unspecified atom stereocenters. The molecule has 0 fully saturated rings. The lowest BCUT2D eigenvalue weighted by Gasteiger charge is -2.12. The van der Waals surface area contributed by atoms with E-state index in [0.717, 1.165) is 11.5 Å². The highest BCUT2D eigenvalue weighted by Crippen LogP contribution is 2.27. The summed E-state index contributed by atoms with van der Waals surface area (Å²) in [6.45, 7) is 1.81. The summed E-state index contributed by atoms with van der Waals surface area (Å²) in [5.74, 6) is 0.575. The SMILES string of the molecule is COC(=O)C(C)Sc1nnc(Cc2cccs2)n1-c1ccccc1. The topological polar surface area (TPSA) is 57.0 Å². The van der Waals surface area contributed by atoms with Crippen LogP contribution in [0.1, 0.15) is 17.6 Å². The lowest BCUT2D eigenvalue weighted by molar-refractivity contribution is -0.139. The van der Waals surface area contributed by atoms with Crippen molar-refractivity contribution in [2.24, 2.45) is 0 Å². The maximum atomic E-state index is 11.7. The van der Waals surface area contributed by atoms with Gasteiger partial charge < -0.3 is 4.74 Å². The van der Waals surface area contributed by atoms with E-state index in [1.165, 1.54) is 23.7 Å². The first-order valence-electron chi connectivity index (χ1n) is 7.45. The highest BCUT2D eigenvalue weighted by Gasteiger charge is 2.21. The molecule has 0 N–H and O–H groups in total. The molecule has 2 heterocycles. The van der Waals surface area contributed by atoms with Crippen molar-refractivity contribution in [3.05, 3.63) is 58.5 Å². The number of thioether (sulfide) groups is 1. The molecule has 0 aliphatic heterocycles. The Morgan fingerprint density at radius 1 is 1.25 bits per heavy atom. The van der Waals surface area contributed by atoms with Gasteiger partial charge >= 0.3 is 5.97 Å². The van der Waals surface area contributed by atoms with Crippen LogP contribution in [0.5, 0.6) is 0 Å². The molecule has 0 radical (unpaired) electrons. The average Bonchev–Trinajstić information content (AvgIpc) is 3.25. The molecule has 0 bridgehead atoms. The van der Waals surface area contributed by atoms with Crippen LogP contribution in [0, 0.1) is 0 Å². The van der Waals surface area contributed by atoms with Gasteiger partial charge in [-0.3, -0.25) is 9.36 Å². The third kappa shape index (κ3) is 3.68. The molecule has 0 aliphatic carbocycles. The number of ether oxygens (including phenoxy) is 1. The lowest BCUT2D eigenvalue weighted by atomic mass is 10.3. The number of methoxy groups -OCH3 is 1. The maximum absolute atomic E-state index is 11.7. The fourth-order valence-electron chi connectivity index (χ4n) is 2.27. The molecular weight excluding hydrogens is 342 g/mol. The van der Waals surface area contributed by atoms with Gasteiger partial charge in [0.1, 0.15) is 11.1 Å². The molecule has 124 valence electrons. The van der Waals surface area contributed by atoms with Crippen LogP contribution in [-0.4, -0.2) is 33.1 Å². The van der Waals surface area contributed by atoms with Crippen molar-refractivity contribution in [3.63, 3.8) is 0 Å². The van der Waals surface area contributed by atoms with E-state index in [2.05, 4.69) is 16.3 Å². The Morgan fingerprint density at radius 3 is 2.71 bits per heavy atom. The molecule has 0 spiro atoms. The Labute approximate surface area is 148 Å². The Balaban J connectivity index is 1.96. The molecule has 1 aromatic carbocycles. The van der Waals surface area contributed by atoms with Gasteiger partial charge in [0, 0.05) is 17.0 Å². The molecule has 0 saturated heterocycles. The van der Waals surface area contributed by atoms with Crippen molar-refractivity contribution >= 4 is 29.1 Å². The number of hydrogen-bond donors (Lipinski definition) is 0. The van der Waals surface area contributed by atoms with Gasteiger partial charge in [-0.15, -0.1) is 21.5 Å². The molecule has 1 atom stereocenters. The number of carbonyl (C=O) groups is 1. The zero-order valence-corrected chi connectivity index (χ0v) is 15.0. The van der Waals surface area contributed by atoms with Crippen molar-refractivity contribution in [2.75, 3.05) is 7.11 Å². The third-order valence-corrected chi connectivity index (χ3v) is 5.34. The van der Waals surface area contributed by atoms with Gasteiger partial charge in [0.25, 0.3) is 0 Å². The lowest BCUT2D eigenvalue weighted by Crippen LogP contribution is -2.15. The van der Waals surface area contributed by atoms with E-state index in [1.54, 1.807) is 18.3 Å². The van der Waals surface area contributed by atoms with Crippen LogP contribution in [0.15, 0.2) is 53.0 Å². The number of para-hydroxylation sites is 1. The van der Waals surface area contributed by atoms with Crippen LogP contribution in [-0.2, 0) is 16.0 Å². The highest BCUT2D eigenvalue weighted by molar-refractivity contribution is 8.00. The Kier molecular flexibility index (Phi) is 5.32. The predicted octanol–water partition coefficient (Wildman–Crippen LogP) is 3.57. The monoisotopic (exact) mass is 359 g/mol. The average molecular weight is 359 g/mol. The first-order chi connectivity index (χ1) is 11.7. The molecule has 0 amide bonds. The summed E-state index contributed by atoms with van der Waals surface area (Å²) in [6.07, 6.45) is 0.701.